The predicted octanol–water partition coefficient (Wildman–Crippen LogP) is 2.17. The summed E-state index contributed by atoms with van der Waals surface area (Å²) in [6, 6.07) is 0. The maximum absolute atomic E-state index is 5.47. The average molecular weight is 174 g/mol. The molecule has 0 bridgehead atoms. The molecule has 0 aromatic rings. The van der Waals surface area contributed by atoms with Gasteiger partial charge in [0.1, 0.15) is 0 Å². The SMILES string of the molecule is ClC/C=C/CNCC1CCC1. The quantitative estimate of drug-likeness (QED) is 0.382. The number of allylic oxidation sites excluding steroid dienone is 1. The number of hydrogen-bond acceptors (Lipinski definition) is 1. The first kappa shape index (κ1) is 9.08. The maximum atomic E-state index is 5.47. The molecule has 1 aliphatic carbocycles. The first-order valence-corrected chi connectivity index (χ1v) is 4.88. The van der Waals surface area contributed by atoms with Crippen LogP contribution in [-0.4, -0.2) is 19.0 Å². The Labute approximate surface area is 73.8 Å². The van der Waals surface area contributed by atoms with Crippen LogP contribution in [0, 0.1) is 5.92 Å². The third-order valence-electron chi connectivity index (χ3n) is 2.18. The van der Waals surface area contributed by atoms with E-state index < -0.39 is 0 Å². The van der Waals surface area contributed by atoms with E-state index in [0.717, 1.165) is 12.5 Å². The van der Waals surface area contributed by atoms with E-state index in [4.69, 9.17) is 11.6 Å². The van der Waals surface area contributed by atoms with Crippen LogP contribution in [0.4, 0.5) is 0 Å². The highest BCUT2D eigenvalue weighted by molar-refractivity contribution is 6.18. The number of nitrogens with one attached hydrogen (secondary N) is 1. The zero-order chi connectivity index (χ0) is 7.94. The normalized spacial score (nSPS) is 19.0. The standard InChI is InChI=1S/C9H16ClN/c10-6-1-2-7-11-8-9-4-3-5-9/h1-2,9,11H,3-8H2/b2-1+. The molecule has 0 amide bonds. The third kappa shape index (κ3) is 3.78. The summed E-state index contributed by atoms with van der Waals surface area (Å²) in [5.41, 5.74) is 0. The minimum atomic E-state index is 0.630. The van der Waals surface area contributed by atoms with Crippen LogP contribution in [0.5, 0.6) is 0 Å². The van der Waals surface area contributed by atoms with Crippen molar-refractivity contribution in [2.75, 3.05) is 19.0 Å². The van der Waals surface area contributed by atoms with Gasteiger partial charge in [-0.2, -0.15) is 0 Å². The van der Waals surface area contributed by atoms with Gasteiger partial charge < -0.3 is 5.32 Å². The van der Waals surface area contributed by atoms with Gasteiger partial charge in [0.2, 0.25) is 0 Å². The zero-order valence-corrected chi connectivity index (χ0v) is 7.61. The molecule has 0 unspecified atom stereocenters. The minimum Gasteiger partial charge on any atom is -0.313 e. The van der Waals surface area contributed by atoms with E-state index >= 15 is 0 Å². The third-order valence-corrected chi connectivity index (χ3v) is 2.35. The van der Waals surface area contributed by atoms with Gasteiger partial charge in [-0.05, 0) is 25.3 Å². The molecule has 0 radical (unpaired) electrons. The second-order valence-corrected chi connectivity index (χ2v) is 3.39. The van der Waals surface area contributed by atoms with Crippen molar-refractivity contribution in [1.82, 2.24) is 5.32 Å². The summed E-state index contributed by atoms with van der Waals surface area (Å²) in [6.45, 7) is 2.16. The van der Waals surface area contributed by atoms with Gasteiger partial charge in [0, 0.05) is 12.4 Å². The number of alkyl halides is 1. The Kier molecular flexibility index (Phi) is 4.64. The molecule has 2 heteroatoms. The largest absolute Gasteiger partial charge is 0.313 e. The topological polar surface area (TPSA) is 12.0 Å². The Bertz CT molecular complexity index is 119. The molecular weight excluding hydrogens is 158 g/mol. The van der Waals surface area contributed by atoms with E-state index in [0.29, 0.717) is 5.88 Å². The van der Waals surface area contributed by atoms with Crippen LogP contribution in [0.15, 0.2) is 12.2 Å². The van der Waals surface area contributed by atoms with Gasteiger partial charge in [-0.3, -0.25) is 0 Å². The predicted molar refractivity (Wildman–Crippen MR) is 50.1 cm³/mol. The lowest BCUT2D eigenvalue weighted by atomic mass is 9.85. The van der Waals surface area contributed by atoms with Crippen molar-refractivity contribution in [3.05, 3.63) is 12.2 Å². The van der Waals surface area contributed by atoms with Crippen LogP contribution >= 0.6 is 11.6 Å². The van der Waals surface area contributed by atoms with Crippen molar-refractivity contribution in [2.24, 2.45) is 5.92 Å². The molecule has 0 aromatic carbocycles. The van der Waals surface area contributed by atoms with E-state index in [-0.39, 0.29) is 0 Å². The van der Waals surface area contributed by atoms with Crippen molar-refractivity contribution >= 4 is 11.6 Å². The van der Waals surface area contributed by atoms with E-state index in [1.54, 1.807) is 0 Å². The lowest BCUT2D eigenvalue weighted by Crippen LogP contribution is -2.27. The van der Waals surface area contributed by atoms with Gasteiger partial charge >= 0.3 is 0 Å². The van der Waals surface area contributed by atoms with Gasteiger partial charge in [-0.15, -0.1) is 11.6 Å². The average Bonchev–Trinajstić information content (AvgIpc) is 1.93. The van der Waals surface area contributed by atoms with Crippen LogP contribution in [0.1, 0.15) is 19.3 Å². The summed E-state index contributed by atoms with van der Waals surface area (Å²) in [6.07, 6.45) is 8.35. The van der Waals surface area contributed by atoms with Crippen molar-refractivity contribution < 1.29 is 0 Å². The Morgan fingerprint density at radius 3 is 2.73 bits per heavy atom. The first-order chi connectivity index (χ1) is 5.43. The molecule has 0 aromatic heterocycles. The highest BCUT2D eigenvalue weighted by atomic mass is 35.5. The fourth-order valence-electron chi connectivity index (χ4n) is 1.21. The van der Waals surface area contributed by atoms with Crippen LogP contribution in [-0.2, 0) is 0 Å². The second kappa shape index (κ2) is 5.62. The lowest BCUT2D eigenvalue weighted by Gasteiger charge is -2.25. The van der Waals surface area contributed by atoms with Crippen molar-refractivity contribution in [3.8, 4) is 0 Å². The summed E-state index contributed by atoms with van der Waals surface area (Å²) in [7, 11) is 0. The van der Waals surface area contributed by atoms with E-state index in [2.05, 4.69) is 11.4 Å². The number of halogens is 1. The molecule has 1 aliphatic rings. The monoisotopic (exact) mass is 173 g/mol. The molecule has 1 saturated carbocycles. The van der Waals surface area contributed by atoms with Gasteiger partial charge in [-0.1, -0.05) is 18.6 Å². The smallest absolute Gasteiger partial charge is 0.0404 e. The van der Waals surface area contributed by atoms with Gasteiger partial charge in [0.15, 0.2) is 0 Å². The van der Waals surface area contributed by atoms with Crippen LogP contribution < -0.4 is 5.32 Å². The molecule has 0 heterocycles. The summed E-state index contributed by atoms with van der Waals surface area (Å²) < 4.78 is 0. The Morgan fingerprint density at radius 2 is 2.18 bits per heavy atom. The van der Waals surface area contributed by atoms with Crippen LogP contribution in [0.3, 0.4) is 0 Å². The minimum absolute atomic E-state index is 0.630. The van der Waals surface area contributed by atoms with Crippen LogP contribution in [0.2, 0.25) is 0 Å². The van der Waals surface area contributed by atoms with Gasteiger partial charge in [-0.25, -0.2) is 0 Å². The summed E-state index contributed by atoms with van der Waals surface area (Å²) >= 11 is 5.47. The molecule has 0 atom stereocenters. The molecular formula is C9H16ClN. The zero-order valence-electron chi connectivity index (χ0n) is 6.85. The molecule has 11 heavy (non-hydrogen) atoms. The molecule has 0 aliphatic heterocycles. The highest BCUT2D eigenvalue weighted by Gasteiger charge is 2.15. The van der Waals surface area contributed by atoms with Crippen LogP contribution in [0.25, 0.3) is 0 Å². The van der Waals surface area contributed by atoms with E-state index in [1.807, 2.05) is 6.08 Å². The van der Waals surface area contributed by atoms with Crippen molar-refractivity contribution in [3.63, 3.8) is 0 Å². The van der Waals surface area contributed by atoms with Gasteiger partial charge in [0.05, 0.1) is 0 Å². The van der Waals surface area contributed by atoms with Gasteiger partial charge in [0.25, 0.3) is 0 Å². The summed E-state index contributed by atoms with van der Waals surface area (Å²) in [5, 5.41) is 3.38. The molecule has 1 fully saturated rings. The molecule has 64 valence electrons. The van der Waals surface area contributed by atoms with Crippen molar-refractivity contribution in [2.45, 2.75) is 19.3 Å². The number of rotatable bonds is 5. The second-order valence-electron chi connectivity index (χ2n) is 3.08. The van der Waals surface area contributed by atoms with Crippen molar-refractivity contribution in [1.29, 1.82) is 0 Å². The number of hydrogen-bond donors (Lipinski definition) is 1. The Morgan fingerprint density at radius 1 is 1.36 bits per heavy atom. The van der Waals surface area contributed by atoms with E-state index in [9.17, 15) is 0 Å². The molecule has 1 rings (SSSR count). The molecule has 0 spiro atoms. The molecule has 1 N–H and O–H groups in total. The first-order valence-electron chi connectivity index (χ1n) is 4.35. The lowest BCUT2D eigenvalue weighted by molar-refractivity contribution is 0.306. The highest BCUT2D eigenvalue weighted by Crippen LogP contribution is 2.24. The fourth-order valence-corrected chi connectivity index (χ4v) is 1.34. The van der Waals surface area contributed by atoms with E-state index in [1.165, 1.54) is 25.8 Å². The molecule has 1 nitrogen and oxygen atoms in total. The Balaban J connectivity index is 1.83. The Hall–Kier alpha value is -0.0100. The summed E-state index contributed by atoms with van der Waals surface area (Å²) in [4.78, 5) is 0. The molecule has 0 saturated heterocycles. The maximum Gasteiger partial charge on any atom is 0.0404 e. The summed E-state index contributed by atoms with van der Waals surface area (Å²) in [5.74, 6) is 1.59. The fraction of sp³-hybridized carbons (Fsp3) is 0.778.